The van der Waals surface area contributed by atoms with Crippen LogP contribution in [0, 0.1) is 5.92 Å². The average Bonchev–Trinajstić information content (AvgIpc) is 3.36. The smallest absolute Gasteiger partial charge is 0.253 e. The van der Waals surface area contributed by atoms with Gasteiger partial charge in [-0.25, -0.2) is 0 Å². The van der Waals surface area contributed by atoms with Gasteiger partial charge in [-0.05, 0) is 61.5 Å². The van der Waals surface area contributed by atoms with Crippen molar-refractivity contribution in [1.29, 1.82) is 0 Å². The average molecular weight is 372 g/mol. The lowest BCUT2D eigenvalue weighted by Gasteiger charge is -2.25. The van der Waals surface area contributed by atoms with E-state index in [1.807, 2.05) is 37.7 Å². The normalized spacial score (nSPS) is 14.9. The predicted molar refractivity (Wildman–Crippen MR) is 106 cm³/mol. The van der Waals surface area contributed by atoms with Crippen molar-refractivity contribution in [3.05, 3.63) is 52.2 Å². The van der Waals surface area contributed by atoms with E-state index in [0.717, 1.165) is 12.8 Å². The molecule has 0 bridgehead atoms. The lowest BCUT2D eigenvalue weighted by atomic mass is 10.1. The molecule has 1 saturated carbocycles. The molecule has 1 heterocycles. The van der Waals surface area contributed by atoms with Crippen LogP contribution in [0.2, 0.25) is 0 Å². The van der Waals surface area contributed by atoms with Crippen LogP contribution < -0.4 is 10.2 Å². The van der Waals surface area contributed by atoms with Gasteiger partial charge in [-0.1, -0.05) is 12.1 Å². The number of nitrogens with zero attached hydrogens (tertiary/aromatic N) is 2. The first-order chi connectivity index (χ1) is 12.5. The van der Waals surface area contributed by atoms with Gasteiger partial charge in [0, 0.05) is 19.5 Å². The molecule has 2 aromatic rings. The summed E-state index contributed by atoms with van der Waals surface area (Å²) >= 11 is 1.65. The number of hydrogen-bond donors (Lipinski definition) is 1. The Balaban J connectivity index is 1.72. The van der Waals surface area contributed by atoms with Crippen LogP contribution in [0.1, 0.15) is 34.8 Å². The molecule has 0 saturated heterocycles. The Kier molecular flexibility index (Phi) is 5.74. The van der Waals surface area contributed by atoms with Crippen LogP contribution in [0.3, 0.4) is 0 Å². The van der Waals surface area contributed by atoms with E-state index in [9.17, 15) is 9.59 Å². The Morgan fingerprint density at radius 2 is 1.92 bits per heavy atom. The Bertz CT molecular complexity index is 769. The van der Waals surface area contributed by atoms with Crippen molar-refractivity contribution in [3.8, 4) is 0 Å². The van der Waals surface area contributed by atoms with Gasteiger partial charge in [0.05, 0.1) is 17.3 Å². The molecule has 1 fully saturated rings. The molecule has 2 amide bonds. The second kappa shape index (κ2) is 8.01. The number of rotatable bonds is 7. The largest absolute Gasteiger partial charge is 0.350 e. The second-order valence-electron chi connectivity index (χ2n) is 6.93. The minimum absolute atomic E-state index is 0.0923. The van der Waals surface area contributed by atoms with Gasteiger partial charge in [0.2, 0.25) is 5.91 Å². The molecule has 1 atom stereocenters. The molecule has 1 aliphatic rings. The fourth-order valence-corrected chi connectivity index (χ4v) is 3.74. The summed E-state index contributed by atoms with van der Waals surface area (Å²) in [5, 5.41) is 7.18. The highest BCUT2D eigenvalue weighted by Crippen LogP contribution is 2.33. The number of amides is 2. The first-order valence-electron chi connectivity index (χ1n) is 8.82. The molecule has 0 spiro atoms. The van der Waals surface area contributed by atoms with E-state index in [1.54, 1.807) is 29.4 Å². The molecule has 1 aromatic carbocycles. The van der Waals surface area contributed by atoms with Crippen molar-refractivity contribution in [1.82, 2.24) is 10.2 Å². The first kappa shape index (κ1) is 18.6. The molecule has 3 rings (SSSR count). The van der Waals surface area contributed by atoms with Crippen LogP contribution in [0.25, 0.3) is 0 Å². The van der Waals surface area contributed by atoms with Crippen LogP contribution in [-0.4, -0.2) is 44.4 Å². The molecular weight excluding hydrogens is 346 g/mol. The standard InChI is InChI=1S/C20H25N3O2S/c1-22(2)18(15-10-11-26-13-15)12-21-19(24)16-6-4-5-7-17(16)23(3)20(25)14-8-9-14/h4-7,10-11,13-14,18H,8-9,12H2,1-3H3,(H,21,24). The maximum Gasteiger partial charge on any atom is 0.253 e. The molecule has 138 valence electrons. The maximum atomic E-state index is 12.8. The summed E-state index contributed by atoms with van der Waals surface area (Å²) in [5.41, 5.74) is 2.39. The van der Waals surface area contributed by atoms with Gasteiger partial charge in [-0.15, -0.1) is 0 Å². The zero-order valence-corrected chi connectivity index (χ0v) is 16.3. The van der Waals surface area contributed by atoms with E-state index < -0.39 is 0 Å². The number of thiophene rings is 1. The summed E-state index contributed by atoms with van der Waals surface area (Å²) < 4.78 is 0. The van der Waals surface area contributed by atoms with Gasteiger partial charge >= 0.3 is 0 Å². The number of hydrogen-bond acceptors (Lipinski definition) is 4. The molecule has 1 aromatic heterocycles. The lowest BCUT2D eigenvalue weighted by Crippen LogP contribution is -2.36. The summed E-state index contributed by atoms with van der Waals surface area (Å²) in [7, 11) is 5.76. The van der Waals surface area contributed by atoms with Crippen LogP contribution >= 0.6 is 11.3 Å². The molecule has 1 unspecified atom stereocenters. The first-order valence-corrected chi connectivity index (χ1v) is 9.76. The predicted octanol–water partition coefficient (Wildman–Crippen LogP) is 3.15. The summed E-state index contributed by atoms with van der Waals surface area (Å²) in [6, 6.07) is 9.49. The third kappa shape index (κ3) is 4.14. The molecule has 0 aliphatic heterocycles. The van der Waals surface area contributed by atoms with Crippen molar-refractivity contribution in [3.63, 3.8) is 0 Å². The fourth-order valence-electron chi connectivity index (χ4n) is 3.03. The highest BCUT2D eigenvalue weighted by molar-refractivity contribution is 7.07. The Hall–Kier alpha value is -2.18. The Labute approximate surface area is 158 Å². The fraction of sp³-hybridized carbons (Fsp3) is 0.400. The quantitative estimate of drug-likeness (QED) is 0.813. The van der Waals surface area contributed by atoms with E-state index >= 15 is 0 Å². The van der Waals surface area contributed by atoms with Gasteiger partial charge in [-0.2, -0.15) is 11.3 Å². The van der Waals surface area contributed by atoms with Gasteiger partial charge < -0.3 is 15.1 Å². The number of likely N-dealkylation sites (N-methyl/N-ethyl adjacent to an activating group) is 1. The van der Waals surface area contributed by atoms with E-state index in [0.29, 0.717) is 17.8 Å². The zero-order chi connectivity index (χ0) is 18.7. The van der Waals surface area contributed by atoms with E-state index in [4.69, 9.17) is 0 Å². The van der Waals surface area contributed by atoms with Crippen LogP contribution in [0.5, 0.6) is 0 Å². The number of carbonyl (C=O) groups excluding carboxylic acids is 2. The number of anilines is 1. The van der Waals surface area contributed by atoms with Crippen LogP contribution in [0.15, 0.2) is 41.1 Å². The molecule has 1 aliphatic carbocycles. The van der Waals surface area contributed by atoms with Crippen molar-refractivity contribution in [2.24, 2.45) is 5.92 Å². The molecule has 5 nitrogen and oxygen atoms in total. The SMILES string of the molecule is CN(C(=O)C1CC1)c1ccccc1C(=O)NCC(c1ccsc1)N(C)C. The van der Waals surface area contributed by atoms with Crippen LogP contribution in [-0.2, 0) is 4.79 Å². The highest BCUT2D eigenvalue weighted by Gasteiger charge is 2.33. The summed E-state index contributed by atoms with van der Waals surface area (Å²) in [6.45, 7) is 0.511. The minimum atomic E-state index is -0.155. The van der Waals surface area contributed by atoms with Crippen molar-refractivity contribution in [2.75, 3.05) is 32.6 Å². The molecule has 0 radical (unpaired) electrons. The van der Waals surface area contributed by atoms with Gasteiger partial charge in [0.1, 0.15) is 0 Å². The number of carbonyl (C=O) groups is 2. The van der Waals surface area contributed by atoms with Crippen molar-refractivity contribution < 1.29 is 9.59 Å². The Morgan fingerprint density at radius 3 is 2.54 bits per heavy atom. The van der Waals surface area contributed by atoms with Crippen molar-refractivity contribution in [2.45, 2.75) is 18.9 Å². The van der Waals surface area contributed by atoms with Gasteiger partial charge in [-0.3, -0.25) is 9.59 Å². The molecular formula is C20H25N3O2S. The lowest BCUT2D eigenvalue weighted by molar-refractivity contribution is -0.119. The molecule has 6 heteroatoms. The van der Waals surface area contributed by atoms with E-state index in [1.165, 1.54) is 5.56 Å². The van der Waals surface area contributed by atoms with Gasteiger partial charge in [0.25, 0.3) is 5.91 Å². The maximum absolute atomic E-state index is 12.8. The minimum Gasteiger partial charge on any atom is -0.350 e. The summed E-state index contributed by atoms with van der Waals surface area (Å²) in [4.78, 5) is 28.9. The topological polar surface area (TPSA) is 52.7 Å². The second-order valence-corrected chi connectivity index (χ2v) is 7.71. The number of nitrogens with one attached hydrogen (secondary N) is 1. The highest BCUT2D eigenvalue weighted by atomic mass is 32.1. The monoisotopic (exact) mass is 371 g/mol. The Morgan fingerprint density at radius 1 is 1.19 bits per heavy atom. The molecule has 26 heavy (non-hydrogen) atoms. The van der Waals surface area contributed by atoms with E-state index in [2.05, 4.69) is 21.7 Å². The third-order valence-electron chi connectivity index (χ3n) is 4.77. The van der Waals surface area contributed by atoms with Crippen LogP contribution in [0.4, 0.5) is 5.69 Å². The molecule has 1 N–H and O–H groups in total. The van der Waals surface area contributed by atoms with E-state index in [-0.39, 0.29) is 23.8 Å². The summed E-state index contributed by atoms with van der Waals surface area (Å²) in [6.07, 6.45) is 1.89. The van der Waals surface area contributed by atoms with Crippen molar-refractivity contribution >= 4 is 28.8 Å². The zero-order valence-electron chi connectivity index (χ0n) is 15.4. The summed E-state index contributed by atoms with van der Waals surface area (Å²) in [5.74, 6) is 0.0562. The number of para-hydroxylation sites is 1. The number of benzene rings is 1. The van der Waals surface area contributed by atoms with Gasteiger partial charge in [0.15, 0.2) is 0 Å². The third-order valence-corrected chi connectivity index (χ3v) is 5.48.